The second-order valence-electron chi connectivity index (χ2n) is 5.81. The molecule has 0 aromatic heterocycles. The largest absolute Gasteiger partial charge is 0.387 e. The minimum Gasteiger partial charge on any atom is -0.387 e. The first-order chi connectivity index (χ1) is 10.8. The zero-order chi connectivity index (χ0) is 18.0. The van der Waals surface area contributed by atoms with Gasteiger partial charge < -0.3 is 25.5 Å². The zero-order valence-electron chi connectivity index (χ0n) is 13.9. The van der Waals surface area contributed by atoms with Gasteiger partial charge in [0.25, 0.3) is 0 Å². The SMILES string of the molecule is CCCCCCCC(=O)C(O)[C@@H](O)[C@@H](O)[C@H](O)[C@@H](O)C(=O)CC. The smallest absolute Gasteiger partial charge is 0.164 e. The molecule has 136 valence electrons. The molecule has 0 amide bonds. The van der Waals surface area contributed by atoms with Crippen molar-refractivity contribution in [2.24, 2.45) is 0 Å². The Kier molecular flexibility index (Phi) is 11.2. The highest BCUT2D eigenvalue weighted by atomic mass is 16.4. The molecule has 0 aliphatic heterocycles. The molecule has 0 heterocycles. The van der Waals surface area contributed by atoms with Crippen molar-refractivity contribution >= 4 is 11.6 Å². The Morgan fingerprint density at radius 1 is 0.696 bits per heavy atom. The molecule has 7 nitrogen and oxygen atoms in total. The predicted molar refractivity (Wildman–Crippen MR) is 83.7 cm³/mol. The fourth-order valence-electron chi connectivity index (χ4n) is 2.22. The summed E-state index contributed by atoms with van der Waals surface area (Å²) in [5.41, 5.74) is 0. The fraction of sp³-hybridized carbons (Fsp3) is 0.875. The van der Waals surface area contributed by atoms with Crippen LogP contribution in [0.4, 0.5) is 0 Å². The third-order valence-electron chi connectivity index (χ3n) is 3.88. The van der Waals surface area contributed by atoms with Crippen LogP contribution in [0.2, 0.25) is 0 Å². The minimum atomic E-state index is -2.00. The predicted octanol–water partition coefficient (Wildman–Crippen LogP) is -0.300. The highest BCUT2D eigenvalue weighted by Gasteiger charge is 2.38. The molecule has 7 heteroatoms. The molecule has 0 saturated heterocycles. The molecule has 1 unspecified atom stereocenters. The van der Waals surface area contributed by atoms with Crippen molar-refractivity contribution in [2.75, 3.05) is 0 Å². The van der Waals surface area contributed by atoms with E-state index in [4.69, 9.17) is 0 Å². The lowest BCUT2D eigenvalue weighted by Gasteiger charge is -2.28. The van der Waals surface area contributed by atoms with Crippen LogP contribution in [0.5, 0.6) is 0 Å². The van der Waals surface area contributed by atoms with Crippen molar-refractivity contribution in [3.05, 3.63) is 0 Å². The van der Waals surface area contributed by atoms with E-state index < -0.39 is 42.1 Å². The van der Waals surface area contributed by atoms with E-state index in [2.05, 4.69) is 6.92 Å². The summed E-state index contributed by atoms with van der Waals surface area (Å²) in [6.07, 6.45) is -5.16. The number of Topliss-reactive ketones (excluding diaryl/α,β-unsaturated/α-hetero) is 2. The van der Waals surface area contributed by atoms with Gasteiger partial charge in [-0.1, -0.05) is 39.5 Å². The van der Waals surface area contributed by atoms with Gasteiger partial charge in [0.2, 0.25) is 0 Å². The zero-order valence-corrected chi connectivity index (χ0v) is 13.9. The van der Waals surface area contributed by atoms with E-state index in [1.54, 1.807) is 0 Å². The lowest BCUT2D eigenvalue weighted by atomic mass is 9.93. The van der Waals surface area contributed by atoms with Gasteiger partial charge in [-0.2, -0.15) is 0 Å². The van der Waals surface area contributed by atoms with Crippen LogP contribution < -0.4 is 0 Å². The van der Waals surface area contributed by atoms with Crippen molar-refractivity contribution in [3.63, 3.8) is 0 Å². The van der Waals surface area contributed by atoms with Crippen LogP contribution in [0.15, 0.2) is 0 Å². The summed E-state index contributed by atoms with van der Waals surface area (Å²) in [6.45, 7) is 3.54. The lowest BCUT2D eigenvalue weighted by Crippen LogP contribution is -2.52. The maximum Gasteiger partial charge on any atom is 0.164 e. The van der Waals surface area contributed by atoms with Crippen LogP contribution in [0.25, 0.3) is 0 Å². The molecule has 5 atom stereocenters. The molecule has 0 aliphatic rings. The fourth-order valence-corrected chi connectivity index (χ4v) is 2.22. The Hall–Kier alpha value is -0.860. The minimum absolute atomic E-state index is 0.0553. The number of ketones is 2. The summed E-state index contributed by atoms with van der Waals surface area (Å²) >= 11 is 0. The van der Waals surface area contributed by atoms with Gasteiger partial charge in [-0.25, -0.2) is 0 Å². The topological polar surface area (TPSA) is 135 Å². The summed E-state index contributed by atoms with van der Waals surface area (Å²) in [6, 6.07) is 0. The van der Waals surface area contributed by atoms with Gasteiger partial charge in [0, 0.05) is 12.8 Å². The van der Waals surface area contributed by atoms with Crippen LogP contribution in [-0.2, 0) is 9.59 Å². The average Bonchev–Trinajstić information content (AvgIpc) is 2.57. The number of carbonyl (C=O) groups is 2. The van der Waals surface area contributed by atoms with Crippen LogP contribution >= 0.6 is 0 Å². The van der Waals surface area contributed by atoms with Gasteiger partial charge in [-0.05, 0) is 6.42 Å². The van der Waals surface area contributed by atoms with Gasteiger partial charge in [0.15, 0.2) is 11.6 Å². The Morgan fingerprint density at radius 3 is 1.65 bits per heavy atom. The molecule has 0 radical (unpaired) electrons. The van der Waals surface area contributed by atoms with E-state index in [1.807, 2.05) is 0 Å². The summed E-state index contributed by atoms with van der Waals surface area (Å²) < 4.78 is 0. The molecule has 5 N–H and O–H groups in total. The second kappa shape index (κ2) is 11.6. The van der Waals surface area contributed by atoms with Crippen LogP contribution in [0.1, 0.15) is 58.8 Å². The monoisotopic (exact) mass is 334 g/mol. The van der Waals surface area contributed by atoms with Crippen molar-refractivity contribution in [1.82, 2.24) is 0 Å². The van der Waals surface area contributed by atoms with Crippen molar-refractivity contribution in [3.8, 4) is 0 Å². The maximum absolute atomic E-state index is 11.8. The number of hydrogen-bond donors (Lipinski definition) is 5. The van der Waals surface area contributed by atoms with E-state index in [1.165, 1.54) is 6.92 Å². The van der Waals surface area contributed by atoms with E-state index in [0.29, 0.717) is 6.42 Å². The van der Waals surface area contributed by atoms with E-state index in [-0.39, 0.29) is 12.8 Å². The van der Waals surface area contributed by atoms with Crippen LogP contribution in [-0.4, -0.2) is 67.6 Å². The van der Waals surface area contributed by atoms with E-state index in [0.717, 1.165) is 25.7 Å². The maximum atomic E-state index is 11.8. The average molecular weight is 334 g/mol. The third kappa shape index (κ3) is 7.50. The summed E-state index contributed by atoms with van der Waals surface area (Å²) in [7, 11) is 0. The molecule has 23 heavy (non-hydrogen) atoms. The van der Waals surface area contributed by atoms with Gasteiger partial charge in [0.05, 0.1) is 0 Å². The van der Waals surface area contributed by atoms with Gasteiger partial charge in [-0.15, -0.1) is 0 Å². The normalized spacial score (nSPS) is 18.0. The van der Waals surface area contributed by atoms with Crippen molar-refractivity contribution in [1.29, 1.82) is 0 Å². The molecule has 0 bridgehead atoms. The van der Waals surface area contributed by atoms with Crippen molar-refractivity contribution in [2.45, 2.75) is 89.3 Å². The summed E-state index contributed by atoms with van der Waals surface area (Å²) in [5.74, 6) is -1.35. The van der Waals surface area contributed by atoms with Gasteiger partial charge in [-0.3, -0.25) is 9.59 Å². The molecular formula is C16H30O7. The molecule has 0 aromatic rings. The molecule has 0 aromatic carbocycles. The lowest BCUT2D eigenvalue weighted by molar-refractivity contribution is -0.158. The highest BCUT2D eigenvalue weighted by Crippen LogP contribution is 2.13. The molecule has 0 saturated carbocycles. The van der Waals surface area contributed by atoms with Crippen LogP contribution in [0, 0.1) is 0 Å². The molecule has 0 rings (SSSR count). The quantitative estimate of drug-likeness (QED) is 0.292. The third-order valence-corrected chi connectivity index (χ3v) is 3.88. The number of aliphatic hydroxyl groups is 5. The Labute approximate surface area is 137 Å². The van der Waals surface area contributed by atoms with Gasteiger partial charge >= 0.3 is 0 Å². The molecule has 0 fully saturated rings. The van der Waals surface area contributed by atoms with Crippen molar-refractivity contribution < 1.29 is 35.1 Å². The first kappa shape index (κ1) is 22.1. The molecule has 0 aliphatic carbocycles. The number of aliphatic hydroxyl groups excluding tert-OH is 5. The number of rotatable bonds is 13. The standard InChI is InChI=1S/C16H30O7/c1-3-5-6-7-8-9-11(18)13(20)15(22)16(23)14(21)12(19)10(17)4-2/h12-16,19-23H,3-9H2,1-2H3/t12-,13?,14+,15+,16-/m0/s1. The van der Waals surface area contributed by atoms with Crippen LogP contribution in [0.3, 0.4) is 0 Å². The van der Waals surface area contributed by atoms with E-state index >= 15 is 0 Å². The molecular weight excluding hydrogens is 304 g/mol. The Bertz CT molecular complexity index is 358. The highest BCUT2D eigenvalue weighted by molar-refractivity contribution is 5.84. The first-order valence-corrected chi connectivity index (χ1v) is 8.23. The first-order valence-electron chi connectivity index (χ1n) is 8.23. The number of unbranched alkanes of at least 4 members (excludes halogenated alkanes) is 4. The van der Waals surface area contributed by atoms with E-state index in [9.17, 15) is 35.1 Å². The summed E-state index contributed by atoms with van der Waals surface area (Å²) in [4.78, 5) is 23.1. The number of carbonyl (C=O) groups excluding carboxylic acids is 2. The van der Waals surface area contributed by atoms with Gasteiger partial charge in [0.1, 0.15) is 30.5 Å². The Balaban J connectivity index is 4.41. The number of hydrogen-bond acceptors (Lipinski definition) is 7. The second-order valence-corrected chi connectivity index (χ2v) is 5.81. The molecule has 0 spiro atoms. The summed E-state index contributed by atoms with van der Waals surface area (Å²) in [5, 5.41) is 48.4. The Morgan fingerprint density at radius 2 is 1.17 bits per heavy atom.